The first-order valence-electron chi connectivity index (χ1n) is 10.3. The molecule has 4 heterocycles. The third-order valence-electron chi connectivity index (χ3n) is 5.70. The van der Waals surface area contributed by atoms with Crippen LogP contribution in [-0.4, -0.2) is 24.5 Å². The van der Waals surface area contributed by atoms with Gasteiger partial charge in [-0.3, -0.25) is 9.97 Å². The number of nitrogens with one attached hydrogen (secondary N) is 1. The summed E-state index contributed by atoms with van der Waals surface area (Å²) in [7, 11) is 0. The van der Waals surface area contributed by atoms with E-state index in [2.05, 4.69) is 80.2 Å². The van der Waals surface area contributed by atoms with Gasteiger partial charge >= 0.3 is 0 Å². The van der Waals surface area contributed by atoms with Gasteiger partial charge in [-0.15, -0.1) is 0 Å². The molecule has 5 nitrogen and oxygen atoms in total. The zero-order chi connectivity index (χ0) is 21.2. The summed E-state index contributed by atoms with van der Waals surface area (Å²) in [6.07, 6.45) is 5.53. The van der Waals surface area contributed by atoms with Crippen LogP contribution in [0, 0.1) is 6.92 Å². The quantitative estimate of drug-likeness (QED) is 0.468. The second kappa shape index (κ2) is 8.32. The SMILES string of the molecule is Cc1ccc([C@@H]2[C@@H](c3ccccn3)NC(=S)N2Cc2cccnc2)n1-c1ccccc1. The Labute approximate surface area is 187 Å². The van der Waals surface area contributed by atoms with Crippen molar-refractivity contribution in [3.05, 3.63) is 114 Å². The Kier molecular flexibility index (Phi) is 5.22. The van der Waals surface area contributed by atoms with Gasteiger partial charge in [-0.2, -0.15) is 0 Å². The molecule has 5 rings (SSSR count). The molecule has 0 spiro atoms. The van der Waals surface area contributed by atoms with Gasteiger partial charge in [0.1, 0.15) is 0 Å². The molecule has 1 aliphatic rings. The normalized spacial score (nSPS) is 18.2. The first kappa shape index (κ1) is 19.5. The smallest absolute Gasteiger partial charge is 0.170 e. The van der Waals surface area contributed by atoms with Gasteiger partial charge in [0.15, 0.2) is 5.11 Å². The second-order valence-electron chi connectivity index (χ2n) is 7.69. The lowest BCUT2D eigenvalue weighted by molar-refractivity contribution is 0.301. The van der Waals surface area contributed by atoms with E-state index in [1.807, 2.05) is 36.7 Å². The lowest BCUT2D eigenvalue weighted by Crippen LogP contribution is -2.30. The maximum atomic E-state index is 5.82. The topological polar surface area (TPSA) is 46.0 Å². The van der Waals surface area contributed by atoms with Gasteiger partial charge < -0.3 is 14.8 Å². The third-order valence-corrected chi connectivity index (χ3v) is 6.05. The van der Waals surface area contributed by atoms with Crippen molar-refractivity contribution >= 4 is 17.3 Å². The number of benzene rings is 1. The van der Waals surface area contributed by atoms with Crippen molar-refractivity contribution < 1.29 is 0 Å². The summed E-state index contributed by atoms with van der Waals surface area (Å²) in [5, 5.41) is 4.26. The first-order valence-corrected chi connectivity index (χ1v) is 10.7. The number of nitrogens with zero attached hydrogens (tertiary/aromatic N) is 4. The van der Waals surface area contributed by atoms with Crippen LogP contribution < -0.4 is 5.32 Å². The molecule has 4 aromatic rings. The van der Waals surface area contributed by atoms with Crippen LogP contribution in [0.2, 0.25) is 0 Å². The molecule has 0 aliphatic carbocycles. The van der Waals surface area contributed by atoms with Crippen LogP contribution in [0.4, 0.5) is 0 Å². The Hall–Kier alpha value is -3.51. The summed E-state index contributed by atoms with van der Waals surface area (Å²) in [5.74, 6) is 0. The lowest BCUT2D eigenvalue weighted by Gasteiger charge is -2.29. The van der Waals surface area contributed by atoms with Gasteiger partial charge in [-0.25, -0.2) is 0 Å². The van der Waals surface area contributed by atoms with Gasteiger partial charge in [0, 0.05) is 42.2 Å². The highest BCUT2D eigenvalue weighted by Gasteiger charge is 2.41. The first-order chi connectivity index (χ1) is 15.2. The summed E-state index contributed by atoms with van der Waals surface area (Å²) in [6.45, 7) is 2.81. The number of pyridine rings is 2. The van der Waals surface area contributed by atoms with E-state index in [9.17, 15) is 0 Å². The van der Waals surface area contributed by atoms with Crippen LogP contribution in [0.15, 0.2) is 91.4 Å². The average molecular weight is 426 g/mol. The second-order valence-corrected chi connectivity index (χ2v) is 8.07. The predicted molar refractivity (Wildman–Crippen MR) is 126 cm³/mol. The van der Waals surface area contributed by atoms with E-state index in [4.69, 9.17) is 12.2 Å². The molecule has 0 radical (unpaired) electrons. The van der Waals surface area contributed by atoms with Crippen LogP contribution in [0.1, 0.15) is 34.7 Å². The minimum atomic E-state index is -0.0536. The number of hydrogen-bond acceptors (Lipinski definition) is 3. The lowest BCUT2D eigenvalue weighted by atomic mass is 10.0. The fourth-order valence-electron chi connectivity index (χ4n) is 4.31. The van der Waals surface area contributed by atoms with Gasteiger partial charge in [-0.05, 0) is 67.2 Å². The fraction of sp³-hybridized carbons (Fsp3) is 0.160. The molecule has 154 valence electrons. The van der Waals surface area contributed by atoms with Crippen LogP contribution in [0.3, 0.4) is 0 Å². The number of rotatable bonds is 5. The minimum Gasteiger partial charge on any atom is -0.352 e. The van der Waals surface area contributed by atoms with Gasteiger partial charge in [0.05, 0.1) is 17.8 Å². The van der Waals surface area contributed by atoms with Crippen LogP contribution in [0.25, 0.3) is 5.69 Å². The van der Waals surface area contributed by atoms with E-state index < -0.39 is 0 Å². The van der Waals surface area contributed by atoms with Crippen molar-refractivity contribution in [2.24, 2.45) is 0 Å². The van der Waals surface area contributed by atoms with E-state index in [0.29, 0.717) is 6.54 Å². The molecule has 6 heteroatoms. The highest BCUT2D eigenvalue weighted by Crippen LogP contribution is 2.40. The standard InChI is InChI=1S/C25H23N5S/c1-18-12-13-22(30(18)20-9-3-2-4-10-20)24-23(21-11-5-6-15-27-21)28-25(31)29(24)17-19-8-7-14-26-16-19/h2-16,23-24H,17H2,1H3,(H,28,31)/t23-,24-/m1/s1. The summed E-state index contributed by atoms with van der Waals surface area (Å²) in [4.78, 5) is 11.2. The van der Waals surface area contributed by atoms with E-state index >= 15 is 0 Å². The van der Waals surface area contributed by atoms with Gasteiger partial charge in [0.25, 0.3) is 0 Å². The molecule has 0 unspecified atom stereocenters. The Morgan fingerprint density at radius 1 is 0.935 bits per heavy atom. The molecule has 1 aliphatic heterocycles. The fourth-order valence-corrected chi connectivity index (χ4v) is 4.61. The monoisotopic (exact) mass is 425 g/mol. The molecule has 1 fully saturated rings. The van der Waals surface area contributed by atoms with E-state index in [1.165, 1.54) is 11.4 Å². The van der Waals surface area contributed by atoms with E-state index in [1.54, 1.807) is 6.20 Å². The van der Waals surface area contributed by atoms with Crippen molar-refractivity contribution in [2.75, 3.05) is 0 Å². The highest BCUT2D eigenvalue weighted by molar-refractivity contribution is 7.80. The molecular formula is C25H23N5S. The molecule has 31 heavy (non-hydrogen) atoms. The zero-order valence-corrected chi connectivity index (χ0v) is 18.0. The molecule has 1 saturated heterocycles. The van der Waals surface area contributed by atoms with Crippen LogP contribution in [-0.2, 0) is 6.54 Å². The highest BCUT2D eigenvalue weighted by atomic mass is 32.1. The van der Waals surface area contributed by atoms with Gasteiger partial charge in [-0.1, -0.05) is 30.3 Å². The van der Waals surface area contributed by atoms with Crippen LogP contribution in [0.5, 0.6) is 0 Å². The van der Waals surface area contributed by atoms with E-state index in [-0.39, 0.29) is 12.1 Å². The third kappa shape index (κ3) is 3.70. The summed E-state index contributed by atoms with van der Waals surface area (Å²) >= 11 is 5.82. The Bertz CT molecular complexity index is 1170. The summed E-state index contributed by atoms with van der Waals surface area (Å²) in [6, 6.07) is 24.8. The van der Waals surface area contributed by atoms with Crippen LogP contribution >= 0.6 is 12.2 Å². The molecule has 0 saturated carbocycles. The predicted octanol–water partition coefficient (Wildman–Crippen LogP) is 4.75. The molecule has 1 N–H and O–H groups in total. The number of para-hydroxylation sites is 1. The van der Waals surface area contributed by atoms with E-state index in [0.717, 1.165) is 22.1 Å². The zero-order valence-electron chi connectivity index (χ0n) is 17.2. The minimum absolute atomic E-state index is 0.0171. The maximum Gasteiger partial charge on any atom is 0.170 e. The number of thiocarbonyl (C=S) groups is 1. The summed E-state index contributed by atoms with van der Waals surface area (Å²) in [5.41, 5.74) is 5.59. The number of hydrogen-bond donors (Lipinski definition) is 1. The van der Waals surface area contributed by atoms with Crippen molar-refractivity contribution in [3.8, 4) is 5.69 Å². The van der Waals surface area contributed by atoms with Crippen molar-refractivity contribution in [1.29, 1.82) is 0 Å². The van der Waals surface area contributed by atoms with Gasteiger partial charge in [0.2, 0.25) is 0 Å². The summed E-state index contributed by atoms with van der Waals surface area (Å²) < 4.78 is 2.31. The number of aromatic nitrogens is 3. The molecule has 0 amide bonds. The number of aryl methyl sites for hydroxylation is 1. The Morgan fingerprint density at radius 2 is 1.77 bits per heavy atom. The molecular weight excluding hydrogens is 402 g/mol. The van der Waals surface area contributed by atoms with Crippen molar-refractivity contribution in [1.82, 2.24) is 24.8 Å². The van der Waals surface area contributed by atoms with Crippen molar-refractivity contribution in [2.45, 2.75) is 25.6 Å². The maximum absolute atomic E-state index is 5.82. The molecule has 3 aromatic heterocycles. The molecule has 0 bridgehead atoms. The van der Waals surface area contributed by atoms with Crippen molar-refractivity contribution in [3.63, 3.8) is 0 Å². The Morgan fingerprint density at radius 3 is 2.52 bits per heavy atom. The molecule has 1 aromatic carbocycles. The average Bonchev–Trinajstić information content (AvgIpc) is 3.35. The molecule has 2 atom stereocenters. The largest absolute Gasteiger partial charge is 0.352 e. The Balaban J connectivity index is 1.63.